The van der Waals surface area contributed by atoms with Crippen LogP contribution in [0.25, 0.3) is 0 Å². The first-order chi connectivity index (χ1) is 9.92. The number of benzene rings is 1. The van der Waals surface area contributed by atoms with Crippen molar-refractivity contribution in [3.63, 3.8) is 0 Å². The minimum atomic E-state index is -0.690. The molecule has 0 fully saturated rings. The summed E-state index contributed by atoms with van der Waals surface area (Å²) in [5.41, 5.74) is -0.554. The van der Waals surface area contributed by atoms with Crippen LogP contribution < -0.4 is 5.32 Å². The molecule has 2 N–H and O–H groups in total. The Morgan fingerprint density at radius 2 is 2.05 bits per heavy atom. The number of aliphatic hydroxyl groups is 1. The number of nitrogens with one attached hydrogen (secondary N) is 1. The lowest BCUT2D eigenvalue weighted by Gasteiger charge is -2.30. The molecule has 1 aromatic rings. The molecule has 0 aliphatic rings. The van der Waals surface area contributed by atoms with E-state index in [1.54, 1.807) is 18.4 Å². The lowest BCUT2D eigenvalue weighted by atomic mass is 9.93. The molecular weight excluding hydrogens is 292 g/mol. The molecule has 0 saturated carbocycles. The number of carbonyl (C=O) groups excluding carboxylic acids is 1. The largest absolute Gasteiger partial charge is 0.394 e. The van der Waals surface area contributed by atoms with Gasteiger partial charge in [-0.1, -0.05) is 13.8 Å². The van der Waals surface area contributed by atoms with Crippen LogP contribution in [-0.2, 0) is 0 Å². The number of nitro benzene ring substituents is 1. The fourth-order valence-electron chi connectivity index (χ4n) is 1.98. The number of amides is 1. The Morgan fingerprint density at radius 3 is 2.48 bits per heavy atom. The van der Waals surface area contributed by atoms with Crippen molar-refractivity contribution in [1.82, 2.24) is 5.32 Å². The second-order valence-corrected chi connectivity index (χ2v) is 5.59. The van der Waals surface area contributed by atoms with Gasteiger partial charge in [0.2, 0.25) is 0 Å². The molecule has 0 spiro atoms. The Kier molecular flexibility index (Phi) is 6.17. The first kappa shape index (κ1) is 17.5. The molecule has 116 valence electrons. The quantitative estimate of drug-likeness (QED) is 0.458. The number of nitro groups is 1. The van der Waals surface area contributed by atoms with E-state index in [1.165, 1.54) is 17.8 Å². The van der Waals surface area contributed by atoms with Crippen LogP contribution in [0, 0.1) is 10.1 Å². The van der Waals surface area contributed by atoms with Crippen LogP contribution in [0.15, 0.2) is 23.1 Å². The standard InChI is InChI=1S/C14H20N2O4S/c1-4-14(5-2,9-17)15-13(18)10-6-7-12(21-3)11(8-10)16(19)20/h6-8,17H,4-5,9H2,1-3H3,(H,15,18). The van der Waals surface area contributed by atoms with Crippen LogP contribution in [-0.4, -0.2) is 34.3 Å². The third-order valence-corrected chi connectivity index (χ3v) is 4.46. The van der Waals surface area contributed by atoms with Crippen LogP contribution in [0.5, 0.6) is 0 Å². The lowest BCUT2D eigenvalue weighted by molar-refractivity contribution is -0.387. The number of thioether (sulfide) groups is 1. The van der Waals surface area contributed by atoms with E-state index in [0.717, 1.165) is 0 Å². The second kappa shape index (κ2) is 7.42. The molecule has 0 bridgehead atoms. The van der Waals surface area contributed by atoms with Gasteiger partial charge >= 0.3 is 0 Å². The average molecular weight is 312 g/mol. The lowest BCUT2D eigenvalue weighted by Crippen LogP contribution is -2.50. The molecule has 1 amide bonds. The number of aliphatic hydroxyl groups excluding tert-OH is 1. The van der Waals surface area contributed by atoms with E-state index in [0.29, 0.717) is 17.7 Å². The third kappa shape index (κ3) is 3.95. The SMILES string of the molecule is CCC(CC)(CO)NC(=O)c1ccc(SC)c([N+](=O)[O-])c1. The van der Waals surface area contributed by atoms with Crippen LogP contribution in [0.4, 0.5) is 5.69 Å². The van der Waals surface area contributed by atoms with Crippen LogP contribution in [0.2, 0.25) is 0 Å². The van der Waals surface area contributed by atoms with Gasteiger partial charge in [-0.2, -0.15) is 0 Å². The van der Waals surface area contributed by atoms with E-state index in [4.69, 9.17) is 0 Å². The van der Waals surface area contributed by atoms with E-state index in [-0.39, 0.29) is 17.9 Å². The van der Waals surface area contributed by atoms with Crippen molar-refractivity contribution >= 4 is 23.4 Å². The topological polar surface area (TPSA) is 92.5 Å². The number of nitrogens with zero attached hydrogens (tertiary/aromatic N) is 1. The minimum Gasteiger partial charge on any atom is -0.394 e. The molecule has 1 rings (SSSR count). The summed E-state index contributed by atoms with van der Waals surface area (Å²) in [6, 6.07) is 4.40. The Bertz CT molecular complexity index is 521. The first-order valence-electron chi connectivity index (χ1n) is 6.68. The van der Waals surface area contributed by atoms with E-state index < -0.39 is 16.4 Å². The summed E-state index contributed by atoms with van der Waals surface area (Å²) in [7, 11) is 0. The summed E-state index contributed by atoms with van der Waals surface area (Å²) in [5, 5.41) is 23.3. The number of rotatable bonds is 7. The summed E-state index contributed by atoms with van der Waals surface area (Å²) in [4.78, 5) is 23.3. The van der Waals surface area contributed by atoms with Crippen LogP contribution in [0.3, 0.4) is 0 Å². The summed E-state index contributed by atoms with van der Waals surface area (Å²) in [5.74, 6) is -0.413. The number of hydrogen-bond acceptors (Lipinski definition) is 5. The van der Waals surface area contributed by atoms with Gasteiger partial charge < -0.3 is 10.4 Å². The molecular formula is C14H20N2O4S. The van der Waals surface area contributed by atoms with Gasteiger partial charge in [0, 0.05) is 11.6 Å². The molecule has 0 radical (unpaired) electrons. The smallest absolute Gasteiger partial charge is 0.283 e. The summed E-state index contributed by atoms with van der Waals surface area (Å²) < 4.78 is 0. The molecule has 1 aromatic carbocycles. The van der Waals surface area contributed by atoms with Crippen molar-refractivity contribution in [2.75, 3.05) is 12.9 Å². The van der Waals surface area contributed by atoms with Gasteiger partial charge in [0.1, 0.15) is 0 Å². The fourth-order valence-corrected chi connectivity index (χ4v) is 2.52. The Hall–Kier alpha value is -1.60. The van der Waals surface area contributed by atoms with Crippen LogP contribution in [0.1, 0.15) is 37.0 Å². The van der Waals surface area contributed by atoms with Crippen molar-refractivity contribution in [2.45, 2.75) is 37.1 Å². The molecule has 0 atom stereocenters. The van der Waals surface area contributed by atoms with Gasteiger partial charge in [-0.3, -0.25) is 14.9 Å². The average Bonchev–Trinajstić information content (AvgIpc) is 2.51. The van der Waals surface area contributed by atoms with Crippen molar-refractivity contribution in [3.8, 4) is 0 Å². The fraction of sp³-hybridized carbons (Fsp3) is 0.500. The predicted molar refractivity (Wildman–Crippen MR) is 82.7 cm³/mol. The zero-order valence-electron chi connectivity index (χ0n) is 12.4. The Balaban J connectivity index is 3.08. The van der Waals surface area contributed by atoms with Crippen molar-refractivity contribution < 1.29 is 14.8 Å². The summed E-state index contributed by atoms with van der Waals surface area (Å²) >= 11 is 1.26. The van der Waals surface area contributed by atoms with Gasteiger partial charge in [0.05, 0.1) is 22.0 Å². The molecule has 21 heavy (non-hydrogen) atoms. The maximum Gasteiger partial charge on any atom is 0.283 e. The molecule has 6 nitrogen and oxygen atoms in total. The second-order valence-electron chi connectivity index (χ2n) is 4.74. The zero-order chi connectivity index (χ0) is 16.0. The van der Waals surface area contributed by atoms with Gasteiger partial charge in [-0.05, 0) is 31.2 Å². The number of carbonyl (C=O) groups is 1. The van der Waals surface area contributed by atoms with E-state index in [2.05, 4.69) is 5.32 Å². The third-order valence-electron chi connectivity index (χ3n) is 3.67. The molecule has 0 heterocycles. The van der Waals surface area contributed by atoms with E-state index in [9.17, 15) is 20.0 Å². The van der Waals surface area contributed by atoms with Crippen molar-refractivity contribution in [2.24, 2.45) is 0 Å². The normalized spacial score (nSPS) is 11.2. The van der Waals surface area contributed by atoms with E-state index >= 15 is 0 Å². The minimum absolute atomic E-state index is 0.0854. The molecule has 0 aromatic heterocycles. The zero-order valence-corrected chi connectivity index (χ0v) is 13.2. The van der Waals surface area contributed by atoms with Gasteiger partial charge in [-0.15, -0.1) is 11.8 Å². The highest BCUT2D eigenvalue weighted by Crippen LogP contribution is 2.28. The van der Waals surface area contributed by atoms with Crippen molar-refractivity contribution in [1.29, 1.82) is 0 Å². The van der Waals surface area contributed by atoms with Gasteiger partial charge in [0.25, 0.3) is 11.6 Å². The highest BCUT2D eigenvalue weighted by atomic mass is 32.2. The number of hydrogen-bond donors (Lipinski definition) is 2. The van der Waals surface area contributed by atoms with Crippen LogP contribution >= 0.6 is 11.8 Å². The Labute approximate surface area is 128 Å². The van der Waals surface area contributed by atoms with Crippen molar-refractivity contribution in [3.05, 3.63) is 33.9 Å². The maximum atomic E-state index is 12.3. The highest BCUT2D eigenvalue weighted by Gasteiger charge is 2.28. The maximum absolute atomic E-state index is 12.3. The monoisotopic (exact) mass is 312 g/mol. The van der Waals surface area contributed by atoms with E-state index in [1.807, 2.05) is 13.8 Å². The molecule has 0 aliphatic carbocycles. The highest BCUT2D eigenvalue weighted by molar-refractivity contribution is 7.98. The molecule has 0 saturated heterocycles. The molecule has 0 aliphatic heterocycles. The molecule has 7 heteroatoms. The summed E-state index contributed by atoms with van der Waals surface area (Å²) in [6.45, 7) is 3.58. The molecule has 0 unspecified atom stereocenters. The first-order valence-corrected chi connectivity index (χ1v) is 7.91. The van der Waals surface area contributed by atoms with Gasteiger partial charge in [0.15, 0.2) is 0 Å². The Morgan fingerprint density at radius 1 is 1.43 bits per heavy atom. The predicted octanol–water partition coefficient (Wildman–Crippen LogP) is 2.60. The van der Waals surface area contributed by atoms with Gasteiger partial charge in [-0.25, -0.2) is 0 Å². The summed E-state index contributed by atoms with van der Waals surface area (Å²) in [6.07, 6.45) is 2.90.